The maximum Gasteiger partial charge on any atom is 0.0466 e. The van der Waals surface area contributed by atoms with Crippen molar-refractivity contribution in [2.45, 2.75) is 13.8 Å². The van der Waals surface area contributed by atoms with E-state index in [0.717, 1.165) is 4.47 Å². The first-order chi connectivity index (χ1) is 6.68. The molecule has 1 aromatic carbocycles. The zero-order chi connectivity index (χ0) is 10.1. The fourth-order valence-corrected chi connectivity index (χ4v) is 2.08. The van der Waals surface area contributed by atoms with Crippen LogP contribution >= 0.6 is 15.9 Å². The lowest BCUT2D eigenvalue weighted by Gasteiger charge is -2.09. The number of benzene rings is 1. The Labute approximate surface area is 92.5 Å². The zero-order valence-corrected chi connectivity index (χ0v) is 9.88. The minimum Gasteiger partial charge on any atom is -0.318 e. The minimum atomic E-state index is 1.11. The van der Waals surface area contributed by atoms with Gasteiger partial charge in [-0.05, 0) is 44.2 Å². The summed E-state index contributed by atoms with van der Waals surface area (Å²) in [5.74, 6) is 0. The first-order valence-corrected chi connectivity index (χ1v) is 5.38. The van der Waals surface area contributed by atoms with Gasteiger partial charge in [-0.15, -0.1) is 0 Å². The van der Waals surface area contributed by atoms with E-state index < -0.39 is 0 Å². The van der Waals surface area contributed by atoms with Crippen molar-refractivity contribution in [1.29, 1.82) is 0 Å². The van der Waals surface area contributed by atoms with Crippen LogP contribution in [0.1, 0.15) is 11.4 Å². The summed E-state index contributed by atoms with van der Waals surface area (Å²) in [7, 11) is 0. The van der Waals surface area contributed by atoms with Gasteiger partial charge in [0.25, 0.3) is 0 Å². The maximum atomic E-state index is 3.48. The van der Waals surface area contributed by atoms with E-state index in [1.54, 1.807) is 0 Å². The molecule has 2 heteroatoms. The Kier molecular flexibility index (Phi) is 2.46. The highest BCUT2D eigenvalue weighted by Crippen LogP contribution is 2.19. The number of nitrogens with zero attached hydrogens (tertiary/aromatic N) is 1. The molecule has 0 aliphatic rings. The lowest BCUT2D eigenvalue weighted by atomic mass is 10.3. The van der Waals surface area contributed by atoms with Crippen molar-refractivity contribution in [1.82, 2.24) is 4.57 Å². The van der Waals surface area contributed by atoms with E-state index in [2.05, 4.69) is 64.7 Å². The smallest absolute Gasteiger partial charge is 0.0466 e. The third-order valence-electron chi connectivity index (χ3n) is 2.34. The second-order valence-corrected chi connectivity index (χ2v) is 4.35. The molecule has 0 fully saturated rings. The monoisotopic (exact) mass is 249 g/mol. The second-order valence-electron chi connectivity index (χ2n) is 3.43. The van der Waals surface area contributed by atoms with E-state index in [1.807, 2.05) is 6.07 Å². The van der Waals surface area contributed by atoms with E-state index in [1.165, 1.54) is 17.1 Å². The summed E-state index contributed by atoms with van der Waals surface area (Å²) >= 11 is 3.48. The van der Waals surface area contributed by atoms with Crippen molar-refractivity contribution in [2.75, 3.05) is 0 Å². The minimum absolute atomic E-state index is 1.11. The molecule has 0 spiro atoms. The van der Waals surface area contributed by atoms with Gasteiger partial charge in [-0.2, -0.15) is 0 Å². The molecule has 72 valence electrons. The molecule has 0 saturated heterocycles. The Hall–Kier alpha value is -1.02. The number of hydrogen-bond acceptors (Lipinski definition) is 0. The van der Waals surface area contributed by atoms with Crippen LogP contribution in [0.25, 0.3) is 5.69 Å². The van der Waals surface area contributed by atoms with Gasteiger partial charge in [0.1, 0.15) is 0 Å². The topological polar surface area (TPSA) is 4.93 Å². The van der Waals surface area contributed by atoms with Crippen LogP contribution in [0.2, 0.25) is 0 Å². The van der Waals surface area contributed by atoms with Gasteiger partial charge in [0.2, 0.25) is 0 Å². The van der Waals surface area contributed by atoms with Crippen LogP contribution in [-0.4, -0.2) is 4.57 Å². The first kappa shape index (κ1) is 9.53. The molecule has 0 unspecified atom stereocenters. The van der Waals surface area contributed by atoms with Crippen LogP contribution in [0.15, 0.2) is 40.9 Å². The van der Waals surface area contributed by atoms with Crippen molar-refractivity contribution >= 4 is 15.9 Å². The highest BCUT2D eigenvalue weighted by atomic mass is 79.9. The number of rotatable bonds is 1. The summed E-state index contributed by atoms with van der Waals surface area (Å²) in [6.07, 6.45) is 0. The van der Waals surface area contributed by atoms with Gasteiger partial charge in [0.05, 0.1) is 0 Å². The molecule has 0 amide bonds. The van der Waals surface area contributed by atoms with E-state index >= 15 is 0 Å². The second kappa shape index (κ2) is 3.62. The van der Waals surface area contributed by atoms with Crippen LogP contribution in [0, 0.1) is 13.8 Å². The highest BCUT2D eigenvalue weighted by molar-refractivity contribution is 9.10. The zero-order valence-electron chi connectivity index (χ0n) is 8.29. The molecule has 0 atom stereocenters. The lowest BCUT2D eigenvalue weighted by Crippen LogP contribution is -1.97. The third-order valence-corrected chi connectivity index (χ3v) is 2.83. The normalized spacial score (nSPS) is 10.5. The summed E-state index contributed by atoms with van der Waals surface area (Å²) in [5.41, 5.74) is 3.74. The molecule has 0 N–H and O–H groups in total. The summed E-state index contributed by atoms with van der Waals surface area (Å²) < 4.78 is 3.35. The molecule has 0 aliphatic carbocycles. The molecule has 0 bridgehead atoms. The highest BCUT2D eigenvalue weighted by Gasteiger charge is 2.03. The Morgan fingerprint density at radius 1 is 1.00 bits per heavy atom. The standard InChI is InChI=1S/C12H12BrN/c1-9-6-7-10(2)14(9)12-5-3-4-11(13)8-12/h3-8H,1-2H3. The van der Waals surface area contributed by atoms with E-state index in [-0.39, 0.29) is 0 Å². The van der Waals surface area contributed by atoms with Crippen molar-refractivity contribution in [3.05, 3.63) is 52.3 Å². The fraction of sp³-hybridized carbons (Fsp3) is 0.167. The summed E-state index contributed by atoms with van der Waals surface area (Å²) in [4.78, 5) is 0. The molecule has 14 heavy (non-hydrogen) atoms. The Balaban J connectivity index is 2.59. The van der Waals surface area contributed by atoms with Crippen molar-refractivity contribution < 1.29 is 0 Å². The largest absolute Gasteiger partial charge is 0.318 e. The average Bonchev–Trinajstić information content (AvgIpc) is 2.46. The molecule has 0 radical (unpaired) electrons. The molecule has 0 saturated carbocycles. The Morgan fingerprint density at radius 2 is 1.64 bits per heavy atom. The molecule has 0 aliphatic heterocycles. The van der Waals surface area contributed by atoms with E-state index in [9.17, 15) is 0 Å². The molecule has 2 aromatic rings. The van der Waals surface area contributed by atoms with Gasteiger partial charge in [-0.25, -0.2) is 0 Å². The van der Waals surface area contributed by atoms with E-state index in [0.29, 0.717) is 0 Å². The van der Waals surface area contributed by atoms with Crippen LogP contribution in [0.3, 0.4) is 0 Å². The van der Waals surface area contributed by atoms with E-state index in [4.69, 9.17) is 0 Å². The summed E-state index contributed by atoms with van der Waals surface area (Å²) in [5, 5.41) is 0. The molecule has 1 heterocycles. The Bertz CT molecular complexity index is 438. The number of aromatic nitrogens is 1. The van der Waals surface area contributed by atoms with Gasteiger partial charge in [0.15, 0.2) is 0 Å². The number of hydrogen-bond donors (Lipinski definition) is 0. The predicted octanol–water partition coefficient (Wildman–Crippen LogP) is 3.86. The van der Waals surface area contributed by atoms with Crippen molar-refractivity contribution in [3.63, 3.8) is 0 Å². The number of aryl methyl sites for hydroxylation is 2. The van der Waals surface area contributed by atoms with Crippen molar-refractivity contribution in [3.8, 4) is 5.69 Å². The lowest BCUT2D eigenvalue weighted by molar-refractivity contribution is 0.965. The maximum absolute atomic E-state index is 3.48. The van der Waals surface area contributed by atoms with Crippen LogP contribution < -0.4 is 0 Å². The first-order valence-electron chi connectivity index (χ1n) is 4.59. The SMILES string of the molecule is Cc1ccc(C)n1-c1cccc(Br)c1. The fourth-order valence-electron chi connectivity index (χ4n) is 1.69. The van der Waals surface area contributed by atoms with Crippen LogP contribution in [0.5, 0.6) is 0 Å². The van der Waals surface area contributed by atoms with Gasteiger partial charge < -0.3 is 4.57 Å². The van der Waals surface area contributed by atoms with Gasteiger partial charge in [-0.1, -0.05) is 22.0 Å². The summed E-state index contributed by atoms with van der Waals surface area (Å²) in [6.45, 7) is 4.24. The van der Waals surface area contributed by atoms with Gasteiger partial charge in [-0.3, -0.25) is 0 Å². The van der Waals surface area contributed by atoms with Gasteiger partial charge >= 0.3 is 0 Å². The van der Waals surface area contributed by atoms with Crippen LogP contribution in [0.4, 0.5) is 0 Å². The predicted molar refractivity (Wildman–Crippen MR) is 62.9 cm³/mol. The van der Waals surface area contributed by atoms with Gasteiger partial charge in [0, 0.05) is 21.5 Å². The molecule has 1 aromatic heterocycles. The van der Waals surface area contributed by atoms with Crippen molar-refractivity contribution in [2.24, 2.45) is 0 Å². The molecule has 2 rings (SSSR count). The third kappa shape index (κ3) is 1.62. The Morgan fingerprint density at radius 3 is 2.21 bits per heavy atom. The quantitative estimate of drug-likeness (QED) is 0.724. The number of halogens is 1. The molecule has 1 nitrogen and oxygen atoms in total. The average molecular weight is 250 g/mol. The molecular formula is C12H12BrN. The van der Waals surface area contributed by atoms with Crippen LogP contribution in [-0.2, 0) is 0 Å². The molecular weight excluding hydrogens is 238 g/mol. The summed E-state index contributed by atoms with van der Waals surface area (Å²) in [6, 6.07) is 12.6.